The number of esters is 1. The lowest BCUT2D eigenvalue weighted by molar-refractivity contribution is -0.138. The van der Waals surface area contributed by atoms with Crippen molar-refractivity contribution in [3.05, 3.63) is 125 Å². The molecule has 5 aromatic rings. The number of methoxy groups -OCH3 is 2. The number of aromatic nitrogens is 1. The van der Waals surface area contributed by atoms with E-state index in [1.807, 2.05) is 85.8 Å². The van der Waals surface area contributed by atoms with E-state index in [0.717, 1.165) is 16.3 Å². The molecule has 0 radical (unpaired) electrons. The Bertz CT molecular complexity index is 2170. The highest BCUT2D eigenvalue weighted by Gasteiger charge is 2.37. The van der Waals surface area contributed by atoms with E-state index in [1.165, 1.54) is 18.4 Å². The Labute approximate surface area is 278 Å². The average molecular weight is 700 g/mol. The summed E-state index contributed by atoms with van der Waals surface area (Å²) < 4.78 is 25.6. The van der Waals surface area contributed by atoms with Crippen LogP contribution in [0.3, 0.4) is 0 Å². The first-order chi connectivity index (χ1) is 22.4. The predicted octanol–water partition coefficient (Wildman–Crippen LogP) is 6.27. The minimum absolute atomic E-state index is 0.145. The molecular formula is C36H31BrN2O6S. The number of hydrogen-bond donors (Lipinski definition) is 0. The summed E-state index contributed by atoms with van der Waals surface area (Å²) in [7, 11) is 3.10. The van der Waals surface area contributed by atoms with E-state index < -0.39 is 12.0 Å². The smallest absolute Gasteiger partial charge is 0.338 e. The number of carbonyl (C=O) groups excluding carboxylic acids is 1. The number of fused-ring (bicyclic) bond motifs is 2. The Morgan fingerprint density at radius 2 is 1.67 bits per heavy atom. The second-order valence-corrected chi connectivity index (χ2v) is 12.2. The third kappa shape index (κ3) is 5.63. The van der Waals surface area contributed by atoms with Gasteiger partial charge in [0.2, 0.25) is 0 Å². The molecule has 6 rings (SSSR count). The fourth-order valence-electron chi connectivity index (χ4n) is 5.67. The van der Waals surface area contributed by atoms with Crippen molar-refractivity contribution >= 4 is 55.8 Å². The molecule has 8 nitrogen and oxygen atoms in total. The van der Waals surface area contributed by atoms with Gasteiger partial charge in [-0.3, -0.25) is 9.36 Å². The molecule has 1 aliphatic rings. The molecule has 2 heterocycles. The van der Waals surface area contributed by atoms with Crippen molar-refractivity contribution in [1.82, 2.24) is 4.57 Å². The van der Waals surface area contributed by atoms with Crippen LogP contribution in [0, 0.1) is 0 Å². The number of ether oxygens (including phenoxy) is 4. The summed E-state index contributed by atoms with van der Waals surface area (Å²) in [6, 6.07) is 23.9. The van der Waals surface area contributed by atoms with Crippen molar-refractivity contribution in [1.29, 1.82) is 0 Å². The maximum Gasteiger partial charge on any atom is 0.338 e. The lowest BCUT2D eigenvalue weighted by Crippen LogP contribution is -2.40. The average Bonchev–Trinajstić information content (AvgIpc) is 3.39. The lowest BCUT2D eigenvalue weighted by atomic mass is 9.92. The van der Waals surface area contributed by atoms with Crippen molar-refractivity contribution in [2.75, 3.05) is 27.4 Å². The van der Waals surface area contributed by atoms with Crippen molar-refractivity contribution in [3.8, 4) is 17.2 Å². The first kappa shape index (κ1) is 31.3. The minimum Gasteiger partial charge on any atom is -0.496 e. The maximum absolute atomic E-state index is 14.6. The highest BCUT2D eigenvalue weighted by Crippen LogP contribution is 2.42. The van der Waals surface area contributed by atoms with E-state index in [9.17, 15) is 9.59 Å². The van der Waals surface area contributed by atoms with Gasteiger partial charge >= 0.3 is 5.97 Å². The quantitative estimate of drug-likeness (QED) is 0.169. The van der Waals surface area contributed by atoms with Crippen LogP contribution < -0.4 is 29.1 Å². The highest BCUT2D eigenvalue weighted by atomic mass is 79.9. The molecule has 1 atom stereocenters. The van der Waals surface area contributed by atoms with Gasteiger partial charge in [-0.1, -0.05) is 72.0 Å². The molecule has 234 valence electrons. The zero-order valence-corrected chi connectivity index (χ0v) is 28.1. The summed E-state index contributed by atoms with van der Waals surface area (Å²) in [4.78, 5) is 33.9. The van der Waals surface area contributed by atoms with Crippen molar-refractivity contribution in [2.24, 2.45) is 4.99 Å². The number of nitrogens with zero attached hydrogens (tertiary/aromatic N) is 2. The van der Waals surface area contributed by atoms with Gasteiger partial charge in [0.25, 0.3) is 5.56 Å². The molecule has 0 saturated carbocycles. The standard InChI is InChI=1S/C36H31BrN2O6S/c1-5-44-27-17-16-21-12-10-11-15-23(21)24(27)19-30-34(40)39-33(25-18-26(37)29(43-4)20-28(25)42-3)31(35(41)45-6-2)32(38-36(39)46-30)22-13-8-7-9-14-22/h7-20,33H,5-6H2,1-4H3/t33-/m1/s1. The van der Waals surface area contributed by atoms with Crippen LogP contribution in [-0.2, 0) is 9.53 Å². The van der Waals surface area contributed by atoms with E-state index in [0.29, 0.717) is 54.5 Å². The predicted molar refractivity (Wildman–Crippen MR) is 183 cm³/mol. The molecule has 46 heavy (non-hydrogen) atoms. The van der Waals surface area contributed by atoms with Crippen molar-refractivity contribution in [3.63, 3.8) is 0 Å². The van der Waals surface area contributed by atoms with Gasteiger partial charge in [0.05, 0.1) is 47.7 Å². The SMILES string of the molecule is CCOC(=O)C1=C(c2ccccc2)N=c2sc(=Cc3c(OCC)ccc4ccccc34)c(=O)n2[C@@H]1c1cc(Br)c(OC)cc1OC. The third-order valence-electron chi connectivity index (χ3n) is 7.68. The van der Waals surface area contributed by atoms with Crippen LogP contribution in [-0.4, -0.2) is 38.0 Å². The number of thiazole rings is 1. The van der Waals surface area contributed by atoms with Crippen LogP contribution in [0.25, 0.3) is 22.5 Å². The lowest BCUT2D eigenvalue weighted by Gasteiger charge is -2.27. The second kappa shape index (κ2) is 13.4. The minimum atomic E-state index is -0.927. The molecule has 0 bridgehead atoms. The number of rotatable bonds is 9. The van der Waals surface area contributed by atoms with Crippen LogP contribution >= 0.6 is 27.3 Å². The first-order valence-corrected chi connectivity index (χ1v) is 16.4. The maximum atomic E-state index is 14.6. The normalized spacial score (nSPS) is 14.5. The van der Waals surface area contributed by atoms with Gasteiger partial charge in [-0.25, -0.2) is 9.79 Å². The van der Waals surface area contributed by atoms with Crippen LogP contribution in [0.15, 0.2) is 98.7 Å². The van der Waals surface area contributed by atoms with Crippen molar-refractivity contribution in [2.45, 2.75) is 19.9 Å². The molecule has 0 saturated heterocycles. The van der Waals surface area contributed by atoms with Gasteiger partial charge in [-0.2, -0.15) is 0 Å². The topological polar surface area (TPSA) is 88.4 Å². The monoisotopic (exact) mass is 698 g/mol. The molecule has 0 aliphatic carbocycles. The molecule has 0 fully saturated rings. The summed E-state index contributed by atoms with van der Waals surface area (Å²) >= 11 is 4.85. The summed E-state index contributed by atoms with van der Waals surface area (Å²) in [5.41, 5.74) is 2.40. The van der Waals surface area contributed by atoms with Crippen LogP contribution in [0.4, 0.5) is 0 Å². The fourth-order valence-corrected chi connectivity index (χ4v) is 7.17. The van der Waals surface area contributed by atoms with E-state index >= 15 is 0 Å². The van der Waals surface area contributed by atoms with Gasteiger partial charge in [0.1, 0.15) is 23.3 Å². The zero-order chi connectivity index (χ0) is 32.4. The number of hydrogen-bond acceptors (Lipinski definition) is 8. The fraction of sp³-hybridized carbons (Fsp3) is 0.194. The van der Waals surface area contributed by atoms with Gasteiger partial charge in [0.15, 0.2) is 4.80 Å². The van der Waals surface area contributed by atoms with E-state index in [2.05, 4.69) is 15.9 Å². The van der Waals surface area contributed by atoms with Crippen molar-refractivity contribution < 1.29 is 23.7 Å². The van der Waals surface area contributed by atoms with Gasteiger partial charge in [0, 0.05) is 22.8 Å². The molecule has 4 aromatic carbocycles. The molecular weight excluding hydrogens is 668 g/mol. The molecule has 10 heteroatoms. The summed E-state index contributed by atoms with van der Waals surface area (Å²) in [5, 5.41) is 1.97. The molecule has 0 amide bonds. The Morgan fingerprint density at radius 1 is 0.935 bits per heavy atom. The Balaban J connectivity index is 1.72. The van der Waals surface area contributed by atoms with E-state index in [4.69, 9.17) is 23.9 Å². The van der Waals surface area contributed by atoms with Gasteiger partial charge in [-0.15, -0.1) is 0 Å². The number of carbonyl (C=O) groups is 1. The Kier molecular flexibility index (Phi) is 9.10. The highest BCUT2D eigenvalue weighted by molar-refractivity contribution is 9.10. The Morgan fingerprint density at radius 3 is 2.39 bits per heavy atom. The molecule has 1 aromatic heterocycles. The largest absolute Gasteiger partial charge is 0.496 e. The molecule has 0 spiro atoms. The van der Waals surface area contributed by atoms with Crippen LogP contribution in [0.1, 0.15) is 36.6 Å². The number of benzene rings is 4. The number of halogens is 1. The van der Waals surface area contributed by atoms with Gasteiger partial charge < -0.3 is 18.9 Å². The van der Waals surface area contributed by atoms with Crippen LogP contribution in [0.2, 0.25) is 0 Å². The van der Waals surface area contributed by atoms with E-state index in [1.54, 1.807) is 24.7 Å². The molecule has 0 unspecified atom stereocenters. The van der Waals surface area contributed by atoms with Crippen LogP contribution in [0.5, 0.6) is 17.2 Å². The second-order valence-electron chi connectivity index (χ2n) is 10.3. The third-order valence-corrected chi connectivity index (χ3v) is 9.28. The van der Waals surface area contributed by atoms with Gasteiger partial charge in [-0.05, 0) is 58.8 Å². The summed E-state index contributed by atoms with van der Waals surface area (Å²) in [6.45, 7) is 4.28. The Hall–Kier alpha value is -4.67. The first-order valence-electron chi connectivity index (χ1n) is 14.7. The van der Waals surface area contributed by atoms with E-state index in [-0.39, 0.29) is 17.7 Å². The molecule has 1 aliphatic heterocycles. The zero-order valence-electron chi connectivity index (χ0n) is 25.7. The summed E-state index contributed by atoms with van der Waals surface area (Å²) in [5.74, 6) is 1.06. The molecule has 0 N–H and O–H groups in total. The summed E-state index contributed by atoms with van der Waals surface area (Å²) in [6.07, 6.45) is 1.85.